The third kappa shape index (κ3) is 3.23. The number of ketones is 1. The molecule has 0 aliphatic carbocycles. The maximum Gasteiger partial charge on any atom is 0.171 e. The van der Waals surface area contributed by atoms with Gasteiger partial charge in [-0.1, -0.05) is 13.0 Å². The van der Waals surface area contributed by atoms with Gasteiger partial charge in [0.15, 0.2) is 5.78 Å². The smallest absolute Gasteiger partial charge is 0.171 e. The molecule has 0 saturated carbocycles. The van der Waals surface area contributed by atoms with Crippen LogP contribution in [0.3, 0.4) is 0 Å². The van der Waals surface area contributed by atoms with Gasteiger partial charge < -0.3 is 0 Å². The Balaban J connectivity index is 2.33. The molecule has 21 heavy (non-hydrogen) atoms. The van der Waals surface area contributed by atoms with Crippen LogP contribution in [0.4, 0.5) is 4.39 Å². The highest BCUT2D eigenvalue weighted by Gasteiger charge is 2.19. The third-order valence-electron chi connectivity index (χ3n) is 3.45. The highest BCUT2D eigenvalue weighted by atomic mass is 79.9. The van der Waals surface area contributed by atoms with Crippen molar-refractivity contribution in [2.24, 2.45) is 0 Å². The summed E-state index contributed by atoms with van der Waals surface area (Å²) in [7, 11) is 0. The molecule has 3 nitrogen and oxygen atoms in total. The molecule has 0 aliphatic heterocycles. The molecule has 0 radical (unpaired) electrons. The van der Waals surface area contributed by atoms with Crippen molar-refractivity contribution < 1.29 is 9.18 Å². The summed E-state index contributed by atoms with van der Waals surface area (Å²) in [6.07, 6.45) is 0.926. The van der Waals surface area contributed by atoms with Gasteiger partial charge in [-0.25, -0.2) is 4.39 Å². The summed E-state index contributed by atoms with van der Waals surface area (Å²) in [5, 5.41) is 4.45. The van der Waals surface area contributed by atoms with E-state index in [1.165, 1.54) is 6.07 Å². The van der Waals surface area contributed by atoms with E-state index in [0.29, 0.717) is 6.54 Å². The first-order valence-electron chi connectivity index (χ1n) is 7.01. The van der Waals surface area contributed by atoms with Crippen molar-refractivity contribution in [3.63, 3.8) is 0 Å². The molecule has 2 aromatic rings. The van der Waals surface area contributed by atoms with Gasteiger partial charge in [0.2, 0.25) is 0 Å². The zero-order valence-corrected chi connectivity index (χ0v) is 14.0. The maximum atomic E-state index is 13.9. The lowest BCUT2D eigenvalue weighted by Crippen LogP contribution is -2.11. The number of hydrogen-bond donors (Lipinski definition) is 0. The van der Waals surface area contributed by atoms with Gasteiger partial charge in [0, 0.05) is 6.54 Å². The van der Waals surface area contributed by atoms with Crippen LogP contribution in [0.15, 0.2) is 22.7 Å². The molecule has 0 fully saturated rings. The van der Waals surface area contributed by atoms with E-state index in [0.717, 1.165) is 27.8 Å². The summed E-state index contributed by atoms with van der Waals surface area (Å²) in [5.41, 5.74) is 2.66. The van der Waals surface area contributed by atoms with Crippen LogP contribution in [0.2, 0.25) is 0 Å². The maximum absolute atomic E-state index is 13.9. The van der Waals surface area contributed by atoms with E-state index in [1.54, 1.807) is 23.7 Å². The number of Topliss-reactive ketones (excluding diaryl/α,β-unsaturated/α-hetero) is 1. The van der Waals surface area contributed by atoms with E-state index < -0.39 is 5.82 Å². The van der Waals surface area contributed by atoms with E-state index in [-0.39, 0.29) is 17.8 Å². The Bertz CT molecular complexity index is 679. The van der Waals surface area contributed by atoms with Gasteiger partial charge in [-0.2, -0.15) is 5.10 Å². The van der Waals surface area contributed by atoms with E-state index >= 15 is 0 Å². The number of halogens is 2. The fourth-order valence-corrected chi connectivity index (χ4v) is 2.98. The van der Waals surface area contributed by atoms with Crippen molar-refractivity contribution in [1.29, 1.82) is 0 Å². The molecular formula is C16H18BrFN2O. The first-order chi connectivity index (χ1) is 9.97. The first kappa shape index (κ1) is 15.9. The second kappa shape index (κ2) is 6.52. The van der Waals surface area contributed by atoms with Crippen molar-refractivity contribution in [3.8, 4) is 0 Å². The van der Waals surface area contributed by atoms with Gasteiger partial charge in [0.25, 0.3) is 0 Å². The van der Waals surface area contributed by atoms with Crippen LogP contribution in [0.25, 0.3) is 0 Å². The van der Waals surface area contributed by atoms with Gasteiger partial charge in [-0.15, -0.1) is 0 Å². The fraction of sp³-hybridized carbons (Fsp3) is 0.375. The van der Waals surface area contributed by atoms with Crippen LogP contribution in [0.1, 0.15) is 41.2 Å². The second-order valence-electron chi connectivity index (χ2n) is 4.96. The molecule has 0 bridgehead atoms. The highest BCUT2D eigenvalue weighted by molar-refractivity contribution is 9.10. The van der Waals surface area contributed by atoms with E-state index in [2.05, 4.69) is 21.0 Å². The molecule has 0 atom stereocenters. The Morgan fingerprint density at radius 1 is 1.38 bits per heavy atom. The Kier molecular flexibility index (Phi) is 4.93. The Labute approximate surface area is 132 Å². The topological polar surface area (TPSA) is 34.9 Å². The van der Waals surface area contributed by atoms with Crippen molar-refractivity contribution in [2.45, 2.75) is 40.2 Å². The normalized spacial score (nSPS) is 10.9. The minimum absolute atomic E-state index is 0.134. The lowest BCUT2D eigenvalue weighted by Gasteiger charge is -2.06. The van der Waals surface area contributed by atoms with Gasteiger partial charge in [0.05, 0.1) is 27.8 Å². The largest absolute Gasteiger partial charge is 0.294 e. The van der Waals surface area contributed by atoms with Gasteiger partial charge >= 0.3 is 0 Å². The molecule has 0 unspecified atom stereocenters. The Morgan fingerprint density at radius 2 is 2.10 bits per heavy atom. The molecule has 0 N–H and O–H groups in total. The average molecular weight is 353 g/mol. The number of rotatable bonds is 5. The number of nitrogens with zero attached hydrogens (tertiary/aromatic N) is 2. The van der Waals surface area contributed by atoms with E-state index in [1.807, 2.05) is 13.8 Å². The predicted molar refractivity (Wildman–Crippen MR) is 84.2 cm³/mol. The Hall–Kier alpha value is -1.49. The zero-order chi connectivity index (χ0) is 15.6. The van der Waals surface area contributed by atoms with Gasteiger partial charge in [0.1, 0.15) is 5.82 Å². The predicted octanol–water partition coefficient (Wildman–Crippen LogP) is 4.10. The molecular weight excluding hydrogens is 335 g/mol. The van der Waals surface area contributed by atoms with E-state index in [4.69, 9.17) is 0 Å². The van der Waals surface area contributed by atoms with Crippen LogP contribution < -0.4 is 0 Å². The summed E-state index contributed by atoms with van der Waals surface area (Å²) in [4.78, 5) is 12.4. The average Bonchev–Trinajstić information content (AvgIpc) is 2.75. The Morgan fingerprint density at radius 3 is 2.67 bits per heavy atom. The molecule has 0 amide bonds. The summed E-state index contributed by atoms with van der Waals surface area (Å²) in [6, 6.07) is 4.69. The quantitative estimate of drug-likeness (QED) is 0.759. The van der Waals surface area contributed by atoms with Crippen LogP contribution in [-0.4, -0.2) is 15.6 Å². The molecule has 0 saturated heterocycles. The number of hydrogen-bond acceptors (Lipinski definition) is 2. The van der Waals surface area contributed by atoms with Crippen LogP contribution in [0, 0.1) is 12.7 Å². The summed E-state index contributed by atoms with van der Waals surface area (Å²) >= 11 is 3.50. The van der Waals surface area contributed by atoms with Crippen molar-refractivity contribution >= 4 is 21.7 Å². The van der Waals surface area contributed by atoms with Crippen molar-refractivity contribution in [2.75, 3.05) is 0 Å². The lowest BCUT2D eigenvalue weighted by molar-refractivity contribution is 0.0986. The second-order valence-corrected chi connectivity index (χ2v) is 5.75. The van der Waals surface area contributed by atoms with Crippen LogP contribution in [-0.2, 0) is 19.4 Å². The van der Waals surface area contributed by atoms with Crippen molar-refractivity contribution in [1.82, 2.24) is 9.78 Å². The SMILES string of the molecule is CCc1nn(CC)c(CC(=O)c2ccc(C)cc2F)c1Br. The molecule has 1 aromatic heterocycles. The molecule has 0 spiro atoms. The molecule has 5 heteroatoms. The van der Waals surface area contributed by atoms with Gasteiger partial charge in [-0.05, 0) is 53.9 Å². The summed E-state index contributed by atoms with van der Waals surface area (Å²) in [5.74, 6) is -0.695. The number of carbonyl (C=O) groups excluding carboxylic acids is 1. The van der Waals surface area contributed by atoms with Crippen molar-refractivity contribution in [3.05, 3.63) is 51.0 Å². The first-order valence-corrected chi connectivity index (χ1v) is 7.80. The number of carbonyl (C=O) groups is 1. The number of benzene rings is 1. The molecule has 1 aromatic carbocycles. The highest BCUT2D eigenvalue weighted by Crippen LogP contribution is 2.24. The fourth-order valence-electron chi connectivity index (χ4n) is 2.28. The van der Waals surface area contributed by atoms with Crippen LogP contribution in [0.5, 0.6) is 0 Å². The summed E-state index contributed by atoms with van der Waals surface area (Å²) < 4.78 is 16.6. The molecule has 2 rings (SSSR count). The number of aromatic nitrogens is 2. The summed E-state index contributed by atoms with van der Waals surface area (Å²) in [6.45, 7) is 6.46. The minimum Gasteiger partial charge on any atom is -0.294 e. The van der Waals surface area contributed by atoms with Crippen LogP contribution >= 0.6 is 15.9 Å². The van der Waals surface area contributed by atoms with E-state index in [9.17, 15) is 9.18 Å². The van der Waals surface area contributed by atoms with Gasteiger partial charge in [-0.3, -0.25) is 9.48 Å². The zero-order valence-electron chi connectivity index (χ0n) is 12.4. The molecule has 0 aliphatic rings. The monoisotopic (exact) mass is 352 g/mol. The third-order valence-corrected chi connectivity index (χ3v) is 4.36. The lowest BCUT2D eigenvalue weighted by atomic mass is 10.0. The molecule has 112 valence electrons. The standard InChI is InChI=1S/C16H18BrFN2O/c1-4-13-16(17)14(20(5-2)19-13)9-15(21)11-7-6-10(3)8-12(11)18/h6-8H,4-5,9H2,1-3H3. The number of aryl methyl sites for hydroxylation is 3. The molecule has 1 heterocycles. The minimum atomic E-state index is -0.464.